The molecule has 6 nitrogen and oxygen atoms in total. The lowest BCUT2D eigenvalue weighted by molar-refractivity contribution is -0.140. The number of nitrogens with zero attached hydrogens (tertiary/aromatic N) is 1. The van der Waals surface area contributed by atoms with Crippen molar-refractivity contribution in [2.75, 3.05) is 26.9 Å². The predicted molar refractivity (Wildman–Crippen MR) is 128 cm³/mol. The fourth-order valence-corrected chi connectivity index (χ4v) is 3.90. The summed E-state index contributed by atoms with van der Waals surface area (Å²) in [5, 5.41) is 11.1. The second-order valence-electron chi connectivity index (χ2n) is 9.23. The number of rotatable bonds is 8. The third kappa shape index (κ3) is 5.28. The Morgan fingerprint density at radius 3 is 2.18 bits per heavy atom. The molecule has 2 aromatic rings. The minimum absolute atomic E-state index is 0.0298. The third-order valence-electron chi connectivity index (χ3n) is 5.77. The van der Waals surface area contributed by atoms with Gasteiger partial charge in [0.15, 0.2) is 0 Å². The molecule has 1 unspecified atom stereocenters. The number of ketones is 1. The Kier molecular flexibility index (Phi) is 7.59. The molecule has 0 saturated carbocycles. The van der Waals surface area contributed by atoms with E-state index in [9.17, 15) is 14.7 Å². The van der Waals surface area contributed by atoms with E-state index in [1.807, 2.05) is 31.2 Å². The molecule has 1 aliphatic heterocycles. The summed E-state index contributed by atoms with van der Waals surface area (Å²) in [6.07, 6.45) is 0.890. The first-order chi connectivity index (χ1) is 15.7. The van der Waals surface area contributed by atoms with Gasteiger partial charge in [-0.05, 0) is 47.2 Å². The van der Waals surface area contributed by atoms with Crippen LogP contribution in [0.25, 0.3) is 5.76 Å². The van der Waals surface area contributed by atoms with Gasteiger partial charge < -0.3 is 19.5 Å². The summed E-state index contributed by atoms with van der Waals surface area (Å²) in [4.78, 5) is 27.4. The highest BCUT2D eigenvalue weighted by molar-refractivity contribution is 6.46. The molecule has 1 heterocycles. The minimum Gasteiger partial charge on any atom is -0.507 e. The summed E-state index contributed by atoms with van der Waals surface area (Å²) in [5.74, 6) is -0.843. The van der Waals surface area contributed by atoms with Crippen LogP contribution in [0.1, 0.15) is 56.8 Å². The zero-order valence-corrected chi connectivity index (χ0v) is 20.1. The summed E-state index contributed by atoms with van der Waals surface area (Å²) in [5.41, 5.74) is 2.42. The van der Waals surface area contributed by atoms with E-state index in [1.165, 1.54) is 4.90 Å². The Bertz CT molecular complexity index is 1020. The molecule has 2 aromatic carbocycles. The maximum atomic E-state index is 13.0. The largest absolute Gasteiger partial charge is 0.507 e. The summed E-state index contributed by atoms with van der Waals surface area (Å²) in [6, 6.07) is 14.1. The number of aliphatic hydroxyl groups is 1. The van der Waals surface area contributed by atoms with E-state index in [0.29, 0.717) is 17.9 Å². The highest BCUT2D eigenvalue weighted by Gasteiger charge is 2.45. The van der Waals surface area contributed by atoms with Crippen molar-refractivity contribution >= 4 is 17.4 Å². The molecule has 1 atom stereocenters. The van der Waals surface area contributed by atoms with Crippen LogP contribution in [0.3, 0.4) is 0 Å². The predicted octanol–water partition coefficient (Wildman–Crippen LogP) is 4.84. The number of likely N-dealkylation sites (tertiary alicyclic amines) is 1. The molecular weight excluding hydrogens is 418 g/mol. The molecule has 1 amide bonds. The van der Waals surface area contributed by atoms with E-state index in [2.05, 4.69) is 20.8 Å². The van der Waals surface area contributed by atoms with Gasteiger partial charge >= 0.3 is 0 Å². The van der Waals surface area contributed by atoms with Gasteiger partial charge in [-0.2, -0.15) is 0 Å². The standard InChI is InChI=1S/C27H33NO5/c1-6-16-33-21-13-9-19(10-14-21)24(29)22-23(28(15-17-32-5)26(31)25(22)30)18-7-11-20(12-8-18)27(2,3)4/h7-14,23,29H,6,15-17H2,1-5H3/b24-22+. The van der Waals surface area contributed by atoms with E-state index in [1.54, 1.807) is 31.4 Å². The van der Waals surface area contributed by atoms with Gasteiger partial charge in [0, 0.05) is 19.2 Å². The van der Waals surface area contributed by atoms with Crippen molar-refractivity contribution in [1.82, 2.24) is 4.90 Å². The van der Waals surface area contributed by atoms with Crippen LogP contribution in [0.2, 0.25) is 0 Å². The molecule has 1 N–H and O–H groups in total. The first-order valence-corrected chi connectivity index (χ1v) is 11.3. The summed E-state index contributed by atoms with van der Waals surface area (Å²) >= 11 is 0. The van der Waals surface area contributed by atoms with Crippen LogP contribution in [0.4, 0.5) is 0 Å². The van der Waals surface area contributed by atoms with Crippen LogP contribution in [0.5, 0.6) is 5.75 Å². The van der Waals surface area contributed by atoms with Gasteiger partial charge in [-0.15, -0.1) is 0 Å². The molecule has 0 spiro atoms. The summed E-state index contributed by atoms with van der Waals surface area (Å²) in [7, 11) is 1.55. The average Bonchev–Trinajstić information content (AvgIpc) is 3.05. The van der Waals surface area contributed by atoms with E-state index >= 15 is 0 Å². The van der Waals surface area contributed by atoms with Gasteiger partial charge in [0.25, 0.3) is 11.7 Å². The van der Waals surface area contributed by atoms with Gasteiger partial charge in [0.05, 0.1) is 24.8 Å². The van der Waals surface area contributed by atoms with Crippen molar-refractivity contribution in [3.8, 4) is 5.75 Å². The van der Waals surface area contributed by atoms with Crippen molar-refractivity contribution in [3.05, 3.63) is 70.8 Å². The first-order valence-electron chi connectivity index (χ1n) is 11.3. The quantitative estimate of drug-likeness (QED) is 0.353. The Morgan fingerprint density at radius 2 is 1.64 bits per heavy atom. The number of benzene rings is 2. The second kappa shape index (κ2) is 10.2. The normalized spacial score (nSPS) is 18.1. The fourth-order valence-electron chi connectivity index (χ4n) is 3.90. The number of carbonyl (C=O) groups is 2. The fraction of sp³-hybridized carbons (Fsp3) is 0.407. The van der Waals surface area contributed by atoms with Crippen molar-refractivity contribution < 1.29 is 24.2 Å². The van der Waals surface area contributed by atoms with Crippen LogP contribution in [-0.4, -0.2) is 48.6 Å². The molecule has 1 fully saturated rings. The minimum atomic E-state index is -0.695. The smallest absolute Gasteiger partial charge is 0.295 e. The first kappa shape index (κ1) is 24.5. The van der Waals surface area contributed by atoms with Gasteiger partial charge in [-0.1, -0.05) is 52.0 Å². The van der Waals surface area contributed by atoms with E-state index in [4.69, 9.17) is 9.47 Å². The number of aliphatic hydroxyl groups excluding tert-OH is 1. The highest BCUT2D eigenvalue weighted by Crippen LogP contribution is 2.40. The number of Topliss-reactive ketones (excluding diaryl/α,β-unsaturated/α-hetero) is 1. The molecule has 1 aliphatic rings. The molecule has 0 aliphatic carbocycles. The summed E-state index contributed by atoms with van der Waals surface area (Å²) < 4.78 is 10.8. The molecule has 176 valence electrons. The Balaban J connectivity index is 2.06. The molecular formula is C27H33NO5. The SMILES string of the molecule is CCCOc1ccc(/C(O)=C2\C(=O)C(=O)N(CCOC)C2c2ccc(C(C)(C)C)cc2)cc1. The molecule has 33 heavy (non-hydrogen) atoms. The molecule has 3 rings (SSSR count). The highest BCUT2D eigenvalue weighted by atomic mass is 16.5. The monoisotopic (exact) mass is 451 g/mol. The Hall–Kier alpha value is -3.12. The van der Waals surface area contributed by atoms with Crippen molar-refractivity contribution in [1.29, 1.82) is 0 Å². The molecule has 0 bridgehead atoms. The van der Waals surface area contributed by atoms with E-state index < -0.39 is 17.7 Å². The Morgan fingerprint density at radius 1 is 1.00 bits per heavy atom. The van der Waals surface area contributed by atoms with Crippen LogP contribution in [0.15, 0.2) is 54.1 Å². The van der Waals surface area contributed by atoms with Crippen LogP contribution >= 0.6 is 0 Å². The number of ether oxygens (including phenoxy) is 2. The maximum absolute atomic E-state index is 13.0. The third-order valence-corrected chi connectivity index (χ3v) is 5.77. The second-order valence-corrected chi connectivity index (χ2v) is 9.23. The van der Waals surface area contributed by atoms with Crippen LogP contribution in [-0.2, 0) is 19.7 Å². The number of methoxy groups -OCH3 is 1. The zero-order valence-electron chi connectivity index (χ0n) is 20.1. The Labute approximate surface area is 195 Å². The lowest BCUT2D eigenvalue weighted by atomic mass is 9.85. The van der Waals surface area contributed by atoms with E-state index in [0.717, 1.165) is 17.5 Å². The van der Waals surface area contributed by atoms with Gasteiger partial charge in [0.2, 0.25) is 0 Å². The van der Waals surface area contributed by atoms with Crippen molar-refractivity contribution in [2.24, 2.45) is 0 Å². The van der Waals surface area contributed by atoms with Gasteiger partial charge in [-0.3, -0.25) is 9.59 Å². The van der Waals surface area contributed by atoms with Gasteiger partial charge in [0.1, 0.15) is 11.5 Å². The van der Waals surface area contributed by atoms with E-state index in [-0.39, 0.29) is 29.9 Å². The average molecular weight is 452 g/mol. The lowest BCUT2D eigenvalue weighted by Crippen LogP contribution is -2.32. The van der Waals surface area contributed by atoms with Crippen LogP contribution < -0.4 is 4.74 Å². The number of amides is 1. The molecule has 0 radical (unpaired) electrons. The summed E-state index contributed by atoms with van der Waals surface area (Å²) in [6.45, 7) is 9.53. The topological polar surface area (TPSA) is 76.1 Å². The molecule has 1 saturated heterocycles. The number of hydrogen-bond acceptors (Lipinski definition) is 5. The van der Waals surface area contributed by atoms with Crippen molar-refractivity contribution in [3.63, 3.8) is 0 Å². The van der Waals surface area contributed by atoms with Crippen LogP contribution in [0, 0.1) is 0 Å². The lowest BCUT2D eigenvalue weighted by Gasteiger charge is -2.26. The van der Waals surface area contributed by atoms with Crippen molar-refractivity contribution in [2.45, 2.75) is 45.6 Å². The molecule has 6 heteroatoms. The number of hydrogen-bond donors (Lipinski definition) is 1. The molecule has 0 aromatic heterocycles. The number of carbonyl (C=O) groups excluding carboxylic acids is 2. The maximum Gasteiger partial charge on any atom is 0.295 e. The van der Waals surface area contributed by atoms with Gasteiger partial charge in [-0.25, -0.2) is 0 Å². The zero-order chi connectivity index (χ0) is 24.2.